The molecule has 0 aliphatic rings. The number of aromatic nitrogens is 2. The molecule has 0 saturated heterocycles. The lowest BCUT2D eigenvalue weighted by atomic mass is 9.84. The zero-order valence-corrected chi connectivity index (χ0v) is 10.5. The molecule has 84 valence electrons. The predicted molar refractivity (Wildman–Crippen MR) is 68.0 cm³/mol. The number of nitrogens with one attached hydrogen (secondary N) is 1. The Bertz CT molecular complexity index is 462. The predicted octanol–water partition coefficient (Wildman–Crippen LogP) is 2.91. The standard InChI is InChI=1S/C12H15N3S/c1-12(2,9-7-5-4-6-8-9)10-14-11(13-3)16-15-10/h4-8H,1-3H3,(H,13,14,15). The lowest BCUT2D eigenvalue weighted by Gasteiger charge is -2.21. The fraction of sp³-hybridized carbons (Fsp3) is 0.333. The van der Waals surface area contributed by atoms with E-state index in [1.807, 2.05) is 25.2 Å². The lowest BCUT2D eigenvalue weighted by molar-refractivity contribution is 0.602. The van der Waals surface area contributed by atoms with Gasteiger partial charge in [-0.15, -0.1) is 0 Å². The molecule has 4 heteroatoms. The molecule has 0 aliphatic heterocycles. The van der Waals surface area contributed by atoms with E-state index in [0.717, 1.165) is 11.0 Å². The molecule has 1 N–H and O–H groups in total. The summed E-state index contributed by atoms with van der Waals surface area (Å²) in [7, 11) is 1.86. The summed E-state index contributed by atoms with van der Waals surface area (Å²) in [6.07, 6.45) is 0. The fourth-order valence-corrected chi connectivity index (χ4v) is 2.22. The first-order valence-corrected chi connectivity index (χ1v) is 5.99. The molecule has 0 radical (unpaired) electrons. The summed E-state index contributed by atoms with van der Waals surface area (Å²) in [4.78, 5) is 4.47. The molecule has 0 atom stereocenters. The topological polar surface area (TPSA) is 37.8 Å². The molecule has 1 aromatic carbocycles. The van der Waals surface area contributed by atoms with Crippen LogP contribution in [0.1, 0.15) is 25.2 Å². The Morgan fingerprint density at radius 1 is 1.19 bits per heavy atom. The summed E-state index contributed by atoms with van der Waals surface area (Å²) >= 11 is 1.40. The van der Waals surface area contributed by atoms with Crippen molar-refractivity contribution in [3.63, 3.8) is 0 Å². The summed E-state index contributed by atoms with van der Waals surface area (Å²) in [6, 6.07) is 10.3. The number of anilines is 1. The number of rotatable bonds is 3. The lowest BCUT2D eigenvalue weighted by Crippen LogP contribution is -2.20. The zero-order chi connectivity index (χ0) is 11.6. The monoisotopic (exact) mass is 233 g/mol. The highest BCUT2D eigenvalue weighted by Gasteiger charge is 2.27. The van der Waals surface area contributed by atoms with Gasteiger partial charge in [-0.05, 0) is 19.4 Å². The molecule has 0 spiro atoms. The Morgan fingerprint density at radius 3 is 2.44 bits per heavy atom. The average molecular weight is 233 g/mol. The van der Waals surface area contributed by atoms with Gasteiger partial charge in [0, 0.05) is 18.6 Å². The van der Waals surface area contributed by atoms with Crippen LogP contribution in [-0.4, -0.2) is 16.4 Å². The van der Waals surface area contributed by atoms with E-state index in [4.69, 9.17) is 0 Å². The first-order chi connectivity index (χ1) is 7.64. The number of nitrogens with zero attached hydrogens (tertiary/aromatic N) is 2. The zero-order valence-electron chi connectivity index (χ0n) is 9.69. The van der Waals surface area contributed by atoms with Gasteiger partial charge in [-0.2, -0.15) is 4.37 Å². The third-order valence-electron chi connectivity index (χ3n) is 2.69. The third kappa shape index (κ3) is 1.93. The molecular weight excluding hydrogens is 218 g/mol. The summed E-state index contributed by atoms with van der Waals surface area (Å²) in [5.41, 5.74) is 1.09. The van der Waals surface area contributed by atoms with Crippen LogP contribution in [0.15, 0.2) is 30.3 Å². The molecule has 2 aromatic rings. The van der Waals surface area contributed by atoms with Crippen molar-refractivity contribution in [2.45, 2.75) is 19.3 Å². The summed E-state index contributed by atoms with van der Waals surface area (Å²) in [5.74, 6) is 0.869. The second-order valence-electron chi connectivity index (χ2n) is 4.16. The molecule has 1 aromatic heterocycles. The largest absolute Gasteiger partial charge is 0.363 e. The summed E-state index contributed by atoms with van der Waals surface area (Å²) in [6.45, 7) is 4.29. The minimum atomic E-state index is -0.146. The number of benzene rings is 1. The molecule has 2 rings (SSSR count). The SMILES string of the molecule is CNc1nc(C(C)(C)c2ccccc2)ns1. The van der Waals surface area contributed by atoms with Crippen LogP contribution < -0.4 is 5.32 Å². The number of hydrogen-bond donors (Lipinski definition) is 1. The normalized spacial score (nSPS) is 11.4. The molecule has 16 heavy (non-hydrogen) atoms. The highest BCUT2D eigenvalue weighted by Crippen LogP contribution is 2.30. The Labute approximate surface area is 99.7 Å². The molecule has 1 heterocycles. The molecule has 0 saturated carbocycles. The van der Waals surface area contributed by atoms with E-state index in [2.05, 4.69) is 40.7 Å². The molecule has 3 nitrogen and oxygen atoms in total. The Balaban J connectivity index is 2.38. The van der Waals surface area contributed by atoms with Gasteiger partial charge < -0.3 is 5.32 Å². The minimum absolute atomic E-state index is 0.146. The molecule has 0 bridgehead atoms. The van der Waals surface area contributed by atoms with E-state index in [0.29, 0.717) is 0 Å². The van der Waals surface area contributed by atoms with Gasteiger partial charge in [-0.25, -0.2) is 4.98 Å². The van der Waals surface area contributed by atoms with Crippen molar-refractivity contribution in [2.24, 2.45) is 0 Å². The van der Waals surface area contributed by atoms with Crippen LogP contribution in [0, 0.1) is 0 Å². The second-order valence-corrected chi connectivity index (χ2v) is 4.92. The quantitative estimate of drug-likeness (QED) is 0.885. The Hall–Kier alpha value is -1.42. The van der Waals surface area contributed by atoms with Crippen LogP contribution in [-0.2, 0) is 5.41 Å². The maximum Gasteiger partial charge on any atom is 0.202 e. The van der Waals surface area contributed by atoms with E-state index >= 15 is 0 Å². The van der Waals surface area contributed by atoms with Gasteiger partial charge in [0.15, 0.2) is 5.82 Å². The first kappa shape index (κ1) is 11.1. The molecule has 0 fully saturated rings. The smallest absolute Gasteiger partial charge is 0.202 e. The maximum atomic E-state index is 4.47. The van der Waals surface area contributed by atoms with Crippen molar-refractivity contribution in [1.29, 1.82) is 0 Å². The first-order valence-electron chi connectivity index (χ1n) is 5.22. The van der Waals surface area contributed by atoms with E-state index in [1.54, 1.807) is 0 Å². The van der Waals surface area contributed by atoms with Gasteiger partial charge in [-0.3, -0.25) is 0 Å². The summed E-state index contributed by atoms with van der Waals surface area (Å²) in [5, 5.41) is 3.88. The van der Waals surface area contributed by atoms with Gasteiger partial charge in [0.25, 0.3) is 0 Å². The van der Waals surface area contributed by atoms with E-state index in [1.165, 1.54) is 17.1 Å². The maximum absolute atomic E-state index is 4.47. The molecule has 0 amide bonds. The molecule has 0 unspecified atom stereocenters. The van der Waals surface area contributed by atoms with E-state index < -0.39 is 0 Å². The van der Waals surface area contributed by atoms with E-state index in [9.17, 15) is 0 Å². The van der Waals surface area contributed by atoms with Gasteiger partial charge in [0.2, 0.25) is 5.13 Å². The van der Waals surface area contributed by atoms with E-state index in [-0.39, 0.29) is 5.41 Å². The second kappa shape index (κ2) is 4.22. The van der Waals surface area contributed by atoms with Crippen LogP contribution in [0.2, 0.25) is 0 Å². The van der Waals surface area contributed by atoms with Gasteiger partial charge >= 0.3 is 0 Å². The van der Waals surface area contributed by atoms with Crippen LogP contribution in [0.5, 0.6) is 0 Å². The van der Waals surface area contributed by atoms with Crippen LogP contribution in [0.3, 0.4) is 0 Å². The Morgan fingerprint density at radius 2 is 1.88 bits per heavy atom. The molecular formula is C12H15N3S. The Kier molecular flexibility index (Phi) is 2.92. The van der Waals surface area contributed by atoms with Crippen molar-refractivity contribution in [3.8, 4) is 0 Å². The third-order valence-corrected chi connectivity index (χ3v) is 3.43. The van der Waals surface area contributed by atoms with Crippen molar-refractivity contribution >= 4 is 16.7 Å². The average Bonchev–Trinajstić information content (AvgIpc) is 2.79. The number of hydrogen-bond acceptors (Lipinski definition) is 4. The fourth-order valence-electron chi connectivity index (χ4n) is 1.56. The van der Waals surface area contributed by atoms with Crippen LogP contribution in [0.4, 0.5) is 5.13 Å². The highest BCUT2D eigenvalue weighted by atomic mass is 32.1. The molecule has 0 aliphatic carbocycles. The summed E-state index contributed by atoms with van der Waals surface area (Å²) < 4.78 is 4.40. The minimum Gasteiger partial charge on any atom is -0.363 e. The van der Waals surface area contributed by atoms with Crippen LogP contribution in [0.25, 0.3) is 0 Å². The van der Waals surface area contributed by atoms with Crippen molar-refractivity contribution < 1.29 is 0 Å². The van der Waals surface area contributed by atoms with Gasteiger partial charge in [-0.1, -0.05) is 30.3 Å². The van der Waals surface area contributed by atoms with Gasteiger partial charge in [0.1, 0.15) is 0 Å². The highest BCUT2D eigenvalue weighted by molar-refractivity contribution is 7.09. The van der Waals surface area contributed by atoms with Gasteiger partial charge in [0.05, 0.1) is 5.41 Å². The van der Waals surface area contributed by atoms with Crippen LogP contribution >= 0.6 is 11.5 Å². The van der Waals surface area contributed by atoms with Crippen molar-refractivity contribution in [3.05, 3.63) is 41.7 Å². The van der Waals surface area contributed by atoms with Crippen molar-refractivity contribution in [2.75, 3.05) is 12.4 Å². The van der Waals surface area contributed by atoms with Crippen molar-refractivity contribution in [1.82, 2.24) is 9.36 Å².